The van der Waals surface area contributed by atoms with E-state index < -0.39 is 0 Å². The summed E-state index contributed by atoms with van der Waals surface area (Å²) in [6, 6.07) is 8.42. The van der Waals surface area contributed by atoms with E-state index in [9.17, 15) is 9.59 Å². The van der Waals surface area contributed by atoms with Gasteiger partial charge in [-0.25, -0.2) is 0 Å². The van der Waals surface area contributed by atoms with Crippen molar-refractivity contribution in [2.75, 3.05) is 19.6 Å². The van der Waals surface area contributed by atoms with Crippen LogP contribution in [0.15, 0.2) is 24.3 Å². The molecule has 136 valence electrons. The predicted molar refractivity (Wildman–Crippen MR) is 97.7 cm³/mol. The maximum Gasteiger partial charge on any atom is 0.240 e. The van der Waals surface area contributed by atoms with Crippen molar-refractivity contribution in [2.45, 2.75) is 45.7 Å². The van der Waals surface area contributed by atoms with E-state index in [0.29, 0.717) is 25.9 Å². The number of hydrogen-bond acceptors (Lipinski definition) is 3. The number of carbonyl (C=O) groups is 2. The normalized spacial score (nSPS) is 20.4. The highest BCUT2D eigenvalue weighted by Gasteiger charge is 2.36. The lowest BCUT2D eigenvalue weighted by atomic mass is 9.92. The third kappa shape index (κ3) is 3.87. The van der Waals surface area contributed by atoms with E-state index in [-0.39, 0.29) is 29.7 Å². The number of likely N-dealkylation sites (tertiary alicyclic amines) is 1. The van der Waals surface area contributed by atoms with E-state index in [0.717, 1.165) is 19.5 Å². The summed E-state index contributed by atoms with van der Waals surface area (Å²) >= 11 is 0. The van der Waals surface area contributed by atoms with Gasteiger partial charge in [-0.1, -0.05) is 38.1 Å². The van der Waals surface area contributed by atoms with Gasteiger partial charge in [-0.3, -0.25) is 14.5 Å². The summed E-state index contributed by atoms with van der Waals surface area (Å²) in [6.07, 6.45) is 2.37. The van der Waals surface area contributed by atoms with Crippen molar-refractivity contribution in [3.8, 4) is 0 Å². The van der Waals surface area contributed by atoms with Crippen LogP contribution in [0, 0.1) is 11.8 Å². The van der Waals surface area contributed by atoms with Gasteiger partial charge in [0.15, 0.2) is 0 Å². The minimum absolute atomic E-state index is 0.0802. The van der Waals surface area contributed by atoms with Gasteiger partial charge in [-0.05, 0) is 36.3 Å². The number of amides is 2. The Morgan fingerprint density at radius 1 is 1.08 bits per heavy atom. The van der Waals surface area contributed by atoms with Crippen molar-refractivity contribution in [3.63, 3.8) is 0 Å². The highest BCUT2D eigenvalue weighted by atomic mass is 16.2. The zero-order chi connectivity index (χ0) is 18.0. The van der Waals surface area contributed by atoms with Gasteiger partial charge in [0.25, 0.3) is 0 Å². The maximum atomic E-state index is 13.2. The number of carbonyl (C=O) groups excluding carboxylic acids is 2. The lowest BCUT2D eigenvalue weighted by Crippen LogP contribution is -2.54. The molecule has 2 aliphatic rings. The second-order valence-electron chi connectivity index (χ2n) is 7.68. The fraction of sp³-hybridized carbons (Fsp3) is 0.600. The van der Waals surface area contributed by atoms with Gasteiger partial charge < -0.3 is 10.6 Å². The predicted octanol–water partition coefficient (Wildman–Crippen LogP) is 1.79. The summed E-state index contributed by atoms with van der Waals surface area (Å²) in [5, 5.41) is 0. The fourth-order valence-corrected chi connectivity index (χ4v) is 4.19. The quantitative estimate of drug-likeness (QED) is 0.906. The van der Waals surface area contributed by atoms with Crippen LogP contribution >= 0.6 is 0 Å². The van der Waals surface area contributed by atoms with Gasteiger partial charge >= 0.3 is 0 Å². The number of benzene rings is 1. The Morgan fingerprint density at radius 3 is 2.32 bits per heavy atom. The molecular formula is C20H29N3O2. The van der Waals surface area contributed by atoms with Crippen LogP contribution in [0.2, 0.25) is 0 Å². The minimum atomic E-state index is -0.236. The zero-order valence-electron chi connectivity index (χ0n) is 15.3. The number of piperidine rings is 1. The molecule has 5 heteroatoms. The Morgan fingerprint density at radius 2 is 1.72 bits per heavy atom. The van der Waals surface area contributed by atoms with Gasteiger partial charge in [0.1, 0.15) is 0 Å². The summed E-state index contributed by atoms with van der Waals surface area (Å²) in [6.45, 7) is 7.28. The molecule has 2 aliphatic heterocycles. The monoisotopic (exact) mass is 343 g/mol. The fourth-order valence-electron chi connectivity index (χ4n) is 4.19. The maximum absolute atomic E-state index is 13.2. The van der Waals surface area contributed by atoms with Gasteiger partial charge in [0, 0.05) is 32.1 Å². The van der Waals surface area contributed by atoms with Crippen LogP contribution < -0.4 is 5.73 Å². The Kier molecular flexibility index (Phi) is 5.42. The number of nitrogens with zero attached hydrogens (tertiary/aromatic N) is 2. The largest absolute Gasteiger partial charge is 0.369 e. The van der Waals surface area contributed by atoms with E-state index >= 15 is 0 Å². The molecule has 0 saturated carbocycles. The molecule has 3 rings (SSSR count). The molecule has 25 heavy (non-hydrogen) atoms. The lowest BCUT2D eigenvalue weighted by Gasteiger charge is -2.41. The molecule has 1 atom stereocenters. The van der Waals surface area contributed by atoms with Crippen molar-refractivity contribution in [1.29, 1.82) is 0 Å². The Labute approximate surface area is 150 Å². The first-order valence-electron chi connectivity index (χ1n) is 9.36. The van der Waals surface area contributed by atoms with Gasteiger partial charge in [0.05, 0.1) is 6.04 Å². The zero-order valence-corrected chi connectivity index (χ0v) is 15.3. The topological polar surface area (TPSA) is 66.6 Å². The van der Waals surface area contributed by atoms with Crippen molar-refractivity contribution in [2.24, 2.45) is 17.6 Å². The summed E-state index contributed by atoms with van der Waals surface area (Å²) in [7, 11) is 0. The first-order valence-corrected chi connectivity index (χ1v) is 9.36. The molecule has 0 spiro atoms. The molecule has 2 heterocycles. The van der Waals surface area contributed by atoms with E-state index in [1.807, 2.05) is 4.90 Å². The second-order valence-corrected chi connectivity index (χ2v) is 7.68. The molecule has 1 unspecified atom stereocenters. The molecule has 1 aromatic rings. The molecule has 0 aliphatic carbocycles. The number of rotatable bonds is 4. The Bertz CT molecular complexity index is 636. The number of hydrogen-bond donors (Lipinski definition) is 1. The molecule has 2 N–H and O–H groups in total. The number of primary amides is 1. The van der Waals surface area contributed by atoms with Crippen molar-refractivity contribution >= 4 is 11.8 Å². The number of nitrogens with two attached hydrogens (primary N) is 1. The molecule has 1 fully saturated rings. The molecule has 1 saturated heterocycles. The van der Waals surface area contributed by atoms with Crippen molar-refractivity contribution in [3.05, 3.63) is 35.4 Å². The van der Waals surface area contributed by atoms with Crippen LogP contribution in [0.5, 0.6) is 0 Å². The lowest BCUT2D eigenvalue weighted by molar-refractivity contribution is -0.142. The standard InChI is InChI=1S/C20H29N3O2/c1-14(2)18(20(25)22-10-8-16(9-11-22)19(21)24)23-12-7-15-5-3-4-6-17(15)13-23/h3-6,14,16,18H,7-13H2,1-2H3,(H2,21,24). The SMILES string of the molecule is CC(C)C(C(=O)N1CCC(C(N)=O)CC1)N1CCc2ccccc2C1. The van der Waals surface area contributed by atoms with Gasteiger partial charge in [0.2, 0.25) is 11.8 Å². The third-order valence-electron chi connectivity index (χ3n) is 5.65. The molecule has 0 aromatic heterocycles. The van der Waals surface area contributed by atoms with E-state index in [2.05, 4.69) is 43.0 Å². The van der Waals surface area contributed by atoms with Crippen LogP contribution in [0.1, 0.15) is 37.8 Å². The van der Waals surface area contributed by atoms with Gasteiger partial charge in [-0.15, -0.1) is 0 Å². The summed E-state index contributed by atoms with van der Waals surface area (Å²) in [4.78, 5) is 28.8. The van der Waals surface area contributed by atoms with E-state index in [1.165, 1.54) is 11.1 Å². The molecule has 1 aromatic carbocycles. The van der Waals surface area contributed by atoms with Gasteiger partial charge in [-0.2, -0.15) is 0 Å². The summed E-state index contributed by atoms with van der Waals surface area (Å²) in [5.41, 5.74) is 8.14. The average Bonchev–Trinajstić information content (AvgIpc) is 2.61. The number of fused-ring (bicyclic) bond motifs is 1. The van der Waals surface area contributed by atoms with Crippen LogP contribution in [0.25, 0.3) is 0 Å². The summed E-state index contributed by atoms with van der Waals surface area (Å²) in [5.74, 6) is 0.146. The van der Waals surface area contributed by atoms with Crippen LogP contribution in [0.4, 0.5) is 0 Å². The third-order valence-corrected chi connectivity index (χ3v) is 5.65. The first-order chi connectivity index (χ1) is 12.0. The van der Waals surface area contributed by atoms with Crippen LogP contribution in [-0.2, 0) is 22.6 Å². The Balaban J connectivity index is 1.69. The highest BCUT2D eigenvalue weighted by molar-refractivity contribution is 5.83. The van der Waals surface area contributed by atoms with Crippen LogP contribution in [0.3, 0.4) is 0 Å². The molecule has 0 bridgehead atoms. The van der Waals surface area contributed by atoms with Crippen molar-refractivity contribution < 1.29 is 9.59 Å². The van der Waals surface area contributed by atoms with E-state index in [1.54, 1.807) is 0 Å². The minimum Gasteiger partial charge on any atom is -0.369 e. The van der Waals surface area contributed by atoms with Crippen molar-refractivity contribution in [1.82, 2.24) is 9.80 Å². The highest BCUT2D eigenvalue weighted by Crippen LogP contribution is 2.26. The molecule has 2 amide bonds. The van der Waals surface area contributed by atoms with E-state index in [4.69, 9.17) is 5.73 Å². The van der Waals surface area contributed by atoms with Crippen LogP contribution in [-0.4, -0.2) is 47.3 Å². The average molecular weight is 343 g/mol. The Hall–Kier alpha value is -1.88. The first kappa shape index (κ1) is 17.9. The second kappa shape index (κ2) is 7.56. The summed E-state index contributed by atoms with van der Waals surface area (Å²) < 4.78 is 0. The molecule has 5 nitrogen and oxygen atoms in total. The molecule has 0 radical (unpaired) electrons. The smallest absolute Gasteiger partial charge is 0.240 e. The molecular weight excluding hydrogens is 314 g/mol.